The van der Waals surface area contributed by atoms with Gasteiger partial charge in [0.25, 0.3) is 0 Å². The minimum absolute atomic E-state index is 0.0188. The minimum Gasteiger partial charge on any atom is -0.342 e. The highest BCUT2D eigenvalue weighted by Gasteiger charge is 2.44. The molecule has 2 unspecified atom stereocenters. The summed E-state index contributed by atoms with van der Waals surface area (Å²) >= 11 is 1.61. The molecule has 0 radical (unpaired) electrons. The Kier molecular flexibility index (Phi) is 5.94. The molecule has 0 saturated carbocycles. The maximum Gasteiger partial charge on any atom is 0.246 e. The maximum atomic E-state index is 12.6. The van der Waals surface area contributed by atoms with E-state index in [2.05, 4.69) is 11.2 Å². The van der Waals surface area contributed by atoms with E-state index in [1.54, 1.807) is 16.7 Å². The van der Waals surface area contributed by atoms with Crippen LogP contribution in [0.5, 0.6) is 0 Å². The highest BCUT2D eigenvalue weighted by molar-refractivity contribution is 7.99. The number of nitrogens with one attached hydrogen (secondary N) is 1. The largest absolute Gasteiger partial charge is 0.342 e. The van der Waals surface area contributed by atoms with Crippen LogP contribution in [0.1, 0.15) is 34.1 Å². The van der Waals surface area contributed by atoms with E-state index in [1.165, 1.54) is 0 Å². The normalized spacial score (nSPS) is 23.4. The molecule has 1 saturated heterocycles. The molecule has 1 aliphatic rings. The molecule has 1 N–H and O–H groups in total. The Balaban J connectivity index is 2.82. The van der Waals surface area contributed by atoms with Crippen molar-refractivity contribution in [1.29, 1.82) is 0 Å². The average Bonchev–Trinajstić information content (AvgIpc) is 2.36. The molecule has 0 aromatic heterocycles. The van der Waals surface area contributed by atoms with Crippen LogP contribution >= 0.6 is 11.8 Å². The zero-order valence-electron chi connectivity index (χ0n) is 12.7. The number of carbonyl (C=O) groups is 2. The van der Waals surface area contributed by atoms with Crippen molar-refractivity contribution in [2.24, 2.45) is 5.41 Å². The molecule has 4 nitrogen and oxygen atoms in total. The van der Waals surface area contributed by atoms with Gasteiger partial charge in [0.1, 0.15) is 12.1 Å². The van der Waals surface area contributed by atoms with Crippen LogP contribution in [0.4, 0.5) is 0 Å². The fraction of sp³-hybridized carbons (Fsp3) is 0.733. The number of nitrogens with zero attached hydrogens (tertiary/aromatic N) is 1. The second-order valence-corrected chi connectivity index (χ2v) is 7.13. The topological polar surface area (TPSA) is 49.4 Å². The van der Waals surface area contributed by atoms with E-state index in [1.807, 2.05) is 27.7 Å². The number of rotatable bonds is 5. The molecule has 112 valence electrons. The number of carbonyl (C=O) groups excluding carboxylic acids is 2. The van der Waals surface area contributed by atoms with Crippen molar-refractivity contribution < 1.29 is 9.59 Å². The van der Waals surface area contributed by atoms with E-state index >= 15 is 0 Å². The molecule has 1 heterocycles. The van der Waals surface area contributed by atoms with Crippen LogP contribution in [-0.4, -0.2) is 46.8 Å². The second-order valence-electron chi connectivity index (χ2n) is 6.02. The molecule has 0 spiro atoms. The van der Waals surface area contributed by atoms with Crippen molar-refractivity contribution >= 4 is 23.6 Å². The van der Waals surface area contributed by atoms with Crippen molar-refractivity contribution in [2.45, 2.75) is 46.2 Å². The van der Waals surface area contributed by atoms with Crippen molar-refractivity contribution in [1.82, 2.24) is 10.2 Å². The molecule has 5 heteroatoms. The molecule has 1 fully saturated rings. The van der Waals surface area contributed by atoms with Gasteiger partial charge in [0.15, 0.2) is 0 Å². The Morgan fingerprint density at radius 1 is 1.40 bits per heavy atom. The van der Waals surface area contributed by atoms with Gasteiger partial charge in [0.05, 0.1) is 5.75 Å². The lowest BCUT2D eigenvalue weighted by atomic mass is 9.83. The summed E-state index contributed by atoms with van der Waals surface area (Å²) in [5.41, 5.74) is -0.282. The first kappa shape index (κ1) is 16.9. The Bertz CT molecular complexity index is 409. The van der Waals surface area contributed by atoms with Crippen LogP contribution in [0.15, 0.2) is 0 Å². The molecule has 0 bridgehead atoms. The number of thioether (sulfide) groups is 1. The van der Waals surface area contributed by atoms with Crippen molar-refractivity contribution in [3.8, 4) is 12.3 Å². The summed E-state index contributed by atoms with van der Waals surface area (Å²) in [6.45, 7) is 8.40. The van der Waals surface area contributed by atoms with Crippen LogP contribution in [0, 0.1) is 17.8 Å². The zero-order valence-corrected chi connectivity index (χ0v) is 13.5. The van der Waals surface area contributed by atoms with Crippen LogP contribution in [0.3, 0.4) is 0 Å². The first-order valence-electron chi connectivity index (χ1n) is 6.95. The van der Waals surface area contributed by atoms with E-state index in [4.69, 9.17) is 6.42 Å². The fourth-order valence-corrected chi connectivity index (χ4v) is 2.90. The molecule has 1 rings (SSSR count). The molecular weight excluding hydrogens is 272 g/mol. The molecule has 2 amide bonds. The van der Waals surface area contributed by atoms with Gasteiger partial charge in [-0.25, -0.2) is 0 Å². The van der Waals surface area contributed by atoms with Gasteiger partial charge in [-0.1, -0.05) is 33.6 Å². The first-order chi connectivity index (χ1) is 9.32. The third-order valence-corrected chi connectivity index (χ3v) is 4.25. The quantitative estimate of drug-likeness (QED) is 0.618. The van der Waals surface area contributed by atoms with E-state index in [0.29, 0.717) is 18.7 Å². The second kappa shape index (κ2) is 7.03. The lowest BCUT2D eigenvalue weighted by Crippen LogP contribution is -2.66. The van der Waals surface area contributed by atoms with Crippen molar-refractivity contribution in [3.05, 3.63) is 0 Å². The predicted octanol–water partition coefficient (Wildman–Crippen LogP) is 1.50. The molecule has 0 aromatic carbocycles. The third kappa shape index (κ3) is 3.92. The number of hydrogen-bond acceptors (Lipinski definition) is 3. The van der Waals surface area contributed by atoms with Crippen LogP contribution in [-0.2, 0) is 9.59 Å². The van der Waals surface area contributed by atoms with Gasteiger partial charge >= 0.3 is 0 Å². The summed E-state index contributed by atoms with van der Waals surface area (Å²) in [4.78, 5) is 26.5. The monoisotopic (exact) mass is 296 g/mol. The zero-order chi connectivity index (χ0) is 15.3. The molecular formula is C15H24N2O2S. The summed E-state index contributed by atoms with van der Waals surface area (Å²) in [7, 11) is 0. The Labute approximate surface area is 126 Å². The highest BCUT2D eigenvalue weighted by atomic mass is 32.2. The van der Waals surface area contributed by atoms with Crippen LogP contribution < -0.4 is 5.32 Å². The maximum absolute atomic E-state index is 12.6. The molecule has 0 aromatic rings. The number of terminal acetylenes is 1. The summed E-state index contributed by atoms with van der Waals surface area (Å²) in [5, 5.41) is 2.87. The van der Waals surface area contributed by atoms with E-state index in [-0.39, 0.29) is 23.3 Å². The van der Waals surface area contributed by atoms with E-state index in [9.17, 15) is 9.59 Å². The summed E-state index contributed by atoms with van der Waals surface area (Å²) in [6, 6.07) is -0.803. The third-order valence-electron chi connectivity index (χ3n) is 3.41. The van der Waals surface area contributed by atoms with Gasteiger partial charge in [-0.2, -0.15) is 0 Å². The lowest BCUT2D eigenvalue weighted by Gasteiger charge is -2.43. The first-order valence-corrected chi connectivity index (χ1v) is 8.10. The van der Waals surface area contributed by atoms with Gasteiger partial charge in [-0.05, 0) is 11.8 Å². The number of hydrogen-bond donors (Lipinski definition) is 1. The summed E-state index contributed by atoms with van der Waals surface area (Å²) in [6.07, 6.45) is 5.85. The average molecular weight is 296 g/mol. The Morgan fingerprint density at radius 3 is 2.55 bits per heavy atom. The van der Waals surface area contributed by atoms with Gasteiger partial charge in [0.2, 0.25) is 11.8 Å². The predicted molar refractivity (Wildman–Crippen MR) is 83.3 cm³/mol. The Morgan fingerprint density at radius 2 is 2.05 bits per heavy atom. The smallest absolute Gasteiger partial charge is 0.246 e. The van der Waals surface area contributed by atoms with Gasteiger partial charge < -0.3 is 10.2 Å². The van der Waals surface area contributed by atoms with Crippen molar-refractivity contribution in [3.63, 3.8) is 0 Å². The number of piperazine rings is 1. The van der Waals surface area contributed by atoms with Crippen LogP contribution in [0.2, 0.25) is 0 Å². The fourth-order valence-electron chi connectivity index (χ4n) is 2.31. The SMILES string of the molecule is C#CCSCCN1C(=O)C(C(C)(C)C)NC(=O)C1CC. The standard InChI is InChI=1S/C15H24N2O2S/c1-6-9-20-10-8-17-11(7-2)13(18)16-12(14(17)19)15(3,4)5/h1,11-12H,7-10H2,2-5H3,(H,16,18). The minimum atomic E-state index is -0.449. The number of amides is 2. The molecule has 20 heavy (non-hydrogen) atoms. The molecule has 2 atom stereocenters. The van der Waals surface area contributed by atoms with Gasteiger partial charge in [-0.15, -0.1) is 18.2 Å². The van der Waals surface area contributed by atoms with Gasteiger partial charge in [0, 0.05) is 12.3 Å². The summed E-state index contributed by atoms with van der Waals surface area (Å²) in [5.74, 6) is 3.93. The summed E-state index contributed by atoms with van der Waals surface area (Å²) < 4.78 is 0. The van der Waals surface area contributed by atoms with E-state index in [0.717, 1.165) is 5.75 Å². The molecule has 1 aliphatic heterocycles. The van der Waals surface area contributed by atoms with Gasteiger partial charge in [-0.3, -0.25) is 9.59 Å². The van der Waals surface area contributed by atoms with E-state index < -0.39 is 6.04 Å². The highest BCUT2D eigenvalue weighted by Crippen LogP contribution is 2.26. The lowest BCUT2D eigenvalue weighted by molar-refractivity contribution is -0.152. The van der Waals surface area contributed by atoms with Crippen LogP contribution in [0.25, 0.3) is 0 Å². The Hall–Kier alpha value is -1.15. The van der Waals surface area contributed by atoms with Crippen molar-refractivity contribution in [2.75, 3.05) is 18.1 Å². The molecule has 0 aliphatic carbocycles.